The number of hydrogen-bond donors (Lipinski definition) is 8. The van der Waals surface area contributed by atoms with Gasteiger partial charge in [-0.2, -0.15) is 0 Å². The van der Waals surface area contributed by atoms with Crippen molar-refractivity contribution in [3.05, 3.63) is 66.3 Å². The lowest BCUT2D eigenvalue weighted by molar-refractivity contribution is -0.142. The second-order valence-corrected chi connectivity index (χ2v) is 9.73. The maximum absolute atomic E-state index is 13.4. The topological polar surface area (TPSA) is 228 Å². The van der Waals surface area contributed by atoms with Crippen molar-refractivity contribution in [3.8, 4) is 5.75 Å². The molecule has 1 aromatic carbocycles. The van der Waals surface area contributed by atoms with Gasteiger partial charge in [-0.15, -0.1) is 0 Å². The predicted molar refractivity (Wildman–Crippen MR) is 143 cm³/mol. The number of aliphatic carboxylic acids is 1. The van der Waals surface area contributed by atoms with Gasteiger partial charge < -0.3 is 41.9 Å². The van der Waals surface area contributed by atoms with Crippen LogP contribution in [-0.2, 0) is 38.4 Å². The number of aromatic nitrogens is 4. The predicted octanol–water partition coefficient (Wildman–Crippen LogP) is -0.611. The number of carbonyl (C=O) groups is 4. The third-order valence-electron chi connectivity index (χ3n) is 6.18. The Labute approximate surface area is 230 Å². The van der Waals surface area contributed by atoms with Gasteiger partial charge in [0, 0.05) is 43.0 Å². The van der Waals surface area contributed by atoms with Gasteiger partial charge in [-0.25, -0.2) is 14.8 Å². The molecule has 0 saturated heterocycles. The fourth-order valence-corrected chi connectivity index (χ4v) is 3.95. The number of carboxylic acid groups (broad SMARTS) is 1. The first-order valence-electron chi connectivity index (χ1n) is 12.7. The minimum atomic E-state index is -1.26. The molecule has 3 rings (SSSR count). The third-order valence-corrected chi connectivity index (χ3v) is 6.18. The monoisotopic (exact) mass is 554 g/mol. The molecular formula is C26H34N8O6. The molecule has 14 nitrogen and oxygen atoms in total. The lowest BCUT2D eigenvalue weighted by atomic mass is 10.00. The van der Waals surface area contributed by atoms with E-state index in [-0.39, 0.29) is 25.0 Å². The number of imidazole rings is 2. The van der Waals surface area contributed by atoms with Crippen molar-refractivity contribution in [1.82, 2.24) is 35.9 Å². The standard InChI is InChI=1S/C26H34N8O6/c1-14(2)22(25(38)33-21(26(39)40)9-17-11-29-13-31-17)34-24(37)20(7-15-3-5-18(35)6-4-15)32-23(36)19(27)8-16-10-28-12-30-16/h3-6,10-14,19-22,35H,7-9,27H2,1-2H3,(H,28,30)(H,29,31)(H,32,36)(H,33,38)(H,34,37)(H,39,40). The van der Waals surface area contributed by atoms with Crippen LogP contribution in [0.1, 0.15) is 30.8 Å². The molecule has 4 atom stereocenters. The molecule has 0 aliphatic carbocycles. The van der Waals surface area contributed by atoms with Crippen molar-refractivity contribution in [2.24, 2.45) is 11.7 Å². The van der Waals surface area contributed by atoms with Gasteiger partial charge in [0.25, 0.3) is 0 Å². The number of hydrogen-bond acceptors (Lipinski definition) is 8. The Morgan fingerprint density at radius 3 is 1.93 bits per heavy atom. The quantitative estimate of drug-likeness (QED) is 0.127. The molecule has 0 radical (unpaired) electrons. The molecule has 2 heterocycles. The van der Waals surface area contributed by atoms with Crippen LogP contribution in [0.3, 0.4) is 0 Å². The molecule has 2 aromatic heterocycles. The van der Waals surface area contributed by atoms with Gasteiger partial charge in [-0.3, -0.25) is 14.4 Å². The Hall–Kier alpha value is -4.72. The first-order valence-corrected chi connectivity index (χ1v) is 12.7. The molecule has 0 fully saturated rings. The Bertz CT molecular complexity index is 1260. The molecule has 0 aliphatic rings. The van der Waals surface area contributed by atoms with Crippen LogP contribution in [0.15, 0.2) is 49.3 Å². The fraction of sp³-hybridized carbons (Fsp3) is 0.385. The molecule has 0 aliphatic heterocycles. The Morgan fingerprint density at radius 1 is 0.825 bits per heavy atom. The van der Waals surface area contributed by atoms with Crippen LogP contribution in [0.4, 0.5) is 0 Å². The van der Waals surface area contributed by atoms with Crippen LogP contribution >= 0.6 is 0 Å². The van der Waals surface area contributed by atoms with Crippen LogP contribution in [0.2, 0.25) is 0 Å². The van der Waals surface area contributed by atoms with Crippen LogP contribution in [0, 0.1) is 5.92 Å². The third kappa shape index (κ3) is 8.66. The van der Waals surface area contributed by atoms with Crippen molar-refractivity contribution >= 4 is 23.7 Å². The van der Waals surface area contributed by atoms with E-state index in [1.54, 1.807) is 26.0 Å². The summed E-state index contributed by atoms with van der Waals surface area (Å²) in [5.41, 5.74) is 7.85. The average Bonchev–Trinajstić information content (AvgIpc) is 3.61. The number of amides is 3. The van der Waals surface area contributed by atoms with E-state index in [0.29, 0.717) is 17.0 Å². The average molecular weight is 555 g/mol. The highest BCUT2D eigenvalue weighted by atomic mass is 16.4. The highest BCUT2D eigenvalue weighted by molar-refractivity contribution is 5.94. The molecule has 3 amide bonds. The molecule has 0 spiro atoms. The van der Waals surface area contributed by atoms with Gasteiger partial charge in [0.15, 0.2) is 0 Å². The zero-order valence-corrected chi connectivity index (χ0v) is 22.1. The minimum Gasteiger partial charge on any atom is -0.508 e. The summed E-state index contributed by atoms with van der Waals surface area (Å²) in [4.78, 5) is 64.7. The largest absolute Gasteiger partial charge is 0.508 e. The van der Waals surface area contributed by atoms with Gasteiger partial charge in [0.05, 0.1) is 18.7 Å². The van der Waals surface area contributed by atoms with Crippen LogP contribution in [0.5, 0.6) is 5.75 Å². The molecule has 0 bridgehead atoms. The molecule has 3 aromatic rings. The molecule has 4 unspecified atom stereocenters. The van der Waals surface area contributed by atoms with E-state index >= 15 is 0 Å². The highest BCUT2D eigenvalue weighted by Gasteiger charge is 2.32. The number of aromatic amines is 2. The van der Waals surface area contributed by atoms with Crippen molar-refractivity contribution < 1.29 is 29.4 Å². The molecular weight excluding hydrogens is 520 g/mol. The number of phenols is 1. The van der Waals surface area contributed by atoms with Gasteiger partial charge in [-0.05, 0) is 23.6 Å². The zero-order valence-electron chi connectivity index (χ0n) is 22.1. The van der Waals surface area contributed by atoms with E-state index in [1.807, 2.05) is 0 Å². The molecule has 214 valence electrons. The summed E-state index contributed by atoms with van der Waals surface area (Å²) in [6.45, 7) is 3.39. The van der Waals surface area contributed by atoms with Crippen LogP contribution < -0.4 is 21.7 Å². The zero-order chi connectivity index (χ0) is 29.2. The van der Waals surface area contributed by atoms with E-state index in [9.17, 15) is 29.4 Å². The lowest BCUT2D eigenvalue weighted by Gasteiger charge is -2.27. The van der Waals surface area contributed by atoms with E-state index in [1.165, 1.54) is 37.2 Å². The van der Waals surface area contributed by atoms with Crippen molar-refractivity contribution in [2.75, 3.05) is 0 Å². The molecule has 0 saturated carbocycles. The SMILES string of the molecule is CC(C)C(NC(=O)C(Cc1ccc(O)cc1)NC(=O)C(N)Cc1cnc[nH]1)C(=O)NC(Cc1cnc[nH]1)C(=O)O. The Morgan fingerprint density at radius 2 is 1.40 bits per heavy atom. The molecule has 9 N–H and O–H groups in total. The maximum Gasteiger partial charge on any atom is 0.326 e. The summed E-state index contributed by atoms with van der Waals surface area (Å²) in [5.74, 6) is -3.58. The summed E-state index contributed by atoms with van der Waals surface area (Å²) in [7, 11) is 0. The van der Waals surface area contributed by atoms with Crippen molar-refractivity contribution in [1.29, 1.82) is 0 Å². The van der Waals surface area contributed by atoms with Crippen LogP contribution in [0.25, 0.3) is 0 Å². The van der Waals surface area contributed by atoms with Crippen molar-refractivity contribution in [2.45, 2.75) is 57.3 Å². The summed E-state index contributed by atoms with van der Waals surface area (Å²) in [5, 5.41) is 27.0. The summed E-state index contributed by atoms with van der Waals surface area (Å²) in [6, 6.07) is 1.63. The number of nitrogens with two attached hydrogens (primary N) is 1. The number of phenolic OH excluding ortho intramolecular Hbond substituents is 1. The lowest BCUT2D eigenvalue weighted by Crippen LogP contribution is -2.59. The summed E-state index contributed by atoms with van der Waals surface area (Å²) < 4.78 is 0. The Balaban J connectivity index is 1.74. The summed E-state index contributed by atoms with van der Waals surface area (Å²) >= 11 is 0. The summed E-state index contributed by atoms with van der Waals surface area (Å²) in [6.07, 6.45) is 6.02. The van der Waals surface area contributed by atoms with E-state index in [4.69, 9.17) is 5.73 Å². The number of benzene rings is 1. The number of carboxylic acids is 1. The van der Waals surface area contributed by atoms with E-state index in [2.05, 4.69) is 35.9 Å². The number of aromatic hydroxyl groups is 1. The second-order valence-electron chi connectivity index (χ2n) is 9.73. The first-order chi connectivity index (χ1) is 19.0. The first kappa shape index (κ1) is 29.8. The fourth-order valence-electron chi connectivity index (χ4n) is 3.95. The number of H-pyrrole nitrogens is 2. The van der Waals surface area contributed by atoms with Gasteiger partial charge in [0.1, 0.15) is 23.9 Å². The van der Waals surface area contributed by atoms with Crippen molar-refractivity contribution in [3.63, 3.8) is 0 Å². The number of nitrogens with one attached hydrogen (secondary N) is 5. The van der Waals surface area contributed by atoms with Gasteiger partial charge >= 0.3 is 5.97 Å². The van der Waals surface area contributed by atoms with Gasteiger partial charge in [-0.1, -0.05) is 26.0 Å². The minimum absolute atomic E-state index is 0.0341. The van der Waals surface area contributed by atoms with Gasteiger partial charge in [0.2, 0.25) is 17.7 Å². The second kappa shape index (κ2) is 13.9. The Kier molecular flexibility index (Phi) is 10.4. The number of rotatable bonds is 14. The van der Waals surface area contributed by atoms with Crippen LogP contribution in [-0.4, -0.2) is 78.0 Å². The maximum atomic E-state index is 13.4. The highest BCUT2D eigenvalue weighted by Crippen LogP contribution is 2.13. The normalized spacial score (nSPS) is 14.1. The van der Waals surface area contributed by atoms with E-state index < -0.39 is 53.8 Å². The molecule has 40 heavy (non-hydrogen) atoms. The number of carbonyl (C=O) groups excluding carboxylic acids is 3. The van der Waals surface area contributed by atoms with E-state index in [0.717, 1.165) is 0 Å². The smallest absolute Gasteiger partial charge is 0.326 e. The number of nitrogens with zero attached hydrogens (tertiary/aromatic N) is 2. The molecule has 14 heteroatoms.